The van der Waals surface area contributed by atoms with Gasteiger partial charge in [0.15, 0.2) is 0 Å². The van der Waals surface area contributed by atoms with Gasteiger partial charge < -0.3 is 4.90 Å². The van der Waals surface area contributed by atoms with Crippen molar-refractivity contribution in [2.45, 2.75) is 51.2 Å². The second-order valence-corrected chi connectivity index (χ2v) is 6.95. The van der Waals surface area contributed by atoms with E-state index < -0.39 is 5.82 Å². The number of hydrogen-bond acceptors (Lipinski definition) is 3. The van der Waals surface area contributed by atoms with Crippen LogP contribution in [0.4, 0.5) is 4.39 Å². The topological polar surface area (TPSA) is 55.2 Å². The molecule has 1 heterocycles. The van der Waals surface area contributed by atoms with Crippen molar-refractivity contribution in [2.75, 3.05) is 0 Å². The van der Waals surface area contributed by atoms with Crippen LogP contribution in [0.5, 0.6) is 0 Å². The number of amides is 1. The van der Waals surface area contributed by atoms with Gasteiger partial charge in [-0.05, 0) is 50.7 Å². The van der Waals surface area contributed by atoms with Crippen LogP contribution in [0.3, 0.4) is 0 Å². The number of carbonyl (C=O) groups is 1. The predicted octanol–water partition coefficient (Wildman–Crippen LogP) is 2.33. The van der Waals surface area contributed by atoms with Gasteiger partial charge in [-0.3, -0.25) is 14.2 Å². The van der Waals surface area contributed by atoms with Crippen molar-refractivity contribution in [1.82, 2.24) is 14.5 Å². The summed E-state index contributed by atoms with van der Waals surface area (Å²) in [7, 11) is 0. The Kier molecular flexibility index (Phi) is 3.62. The molecular formula is C18H20FN3O2. The molecule has 1 atom stereocenters. The Bertz CT molecular complexity index is 855. The maximum absolute atomic E-state index is 13.2. The lowest BCUT2D eigenvalue weighted by atomic mass is 10.1. The first-order valence-electron chi connectivity index (χ1n) is 8.50. The lowest BCUT2D eigenvalue weighted by Crippen LogP contribution is -2.44. The zero-order chi connectivity index (χ0) is 16.8. The Labute approximate surface area is 139 Å². The average molecular weight is 329 g/mol. The van der Waals surface area contributed by atoms with Gasteiger partial charge in [0.2, 0.25) is 5.91 Å². The Morgan fingerprint density at radius 1 is 1.38 bits per heavy atom. The molecule has 1 amide bonds. The summed E-state index contributed by atoms with van der Waals surface area (Å²) in [5.74, 6) is 0.146. The Hall–Kier alpha value is -2.24. The van der Waals surface area contributed by atoms with E-state index in [4.69, 9.17) is 0 Å². The van der Waals surface area contributed by atoms with Crippen LogP contribution in [-0.4, -0.2) is 32.4 Å². The summed E-state index contributed by atoms with van der Waals surface area (Å²) in [6, 6.07) is 4.46. The van der Waals surface area contributed by atoms with Gasteiger partial charge in [-0.1, -0.05) is 0 Å². The summed E-state index contributed by atoms with van der Waals surface area (Å²) < 4.78 is 14.6. The van der Waals surface area contributed by atoms with Gasteiger partial charge in [0.05, 0.1) is 17.2 Å². The van der Waals surface area contributed by atoms with Crippen molar-refractivity contribution < 1.29 is 9.18 Å². The van der Waals surface area contributed by atoms with Crippen molar-refractivity contribution in [3.05, 3.63) is 40.7 Å². The van der Waals surface area contributed by atoms with E-state index in [0.717, 1.165) is 12.8 Å². The molecular weight excluding hydrogens is 309 g/mol. The molecule has 6 heteroatoms. The molecule has 4 rings (SSSR count). The smallest absolute Gasteiger partial charge is 0.261 e. The van der Waals surface area contributed by atoms with Crippen molar-refractivity contribution in [2.24, 2.45) is 5.92 Å². The maximum Gasteiger partial charge on any atom is 0.261 e. The summed E-state index contributed by atoms with van der Waals surface area (Å²) in [4.78, 5) is 31.4. The molecule has 5 nitrogen and oxygen atoms in total. The SMILES string of the molecule is C[C@@H](C1CC1)N(C(=O)Cn1cnc2cc(F)ccc2c1=O)C1CC1. The number of halogens is 1. The van der Waals surface area contributed by atoms with Gasteiger partial charge in [-0.2, -0.15) is 0 Å². The van der Waals surface area contributed by atoms with Gasteiger partial charge in [-0.15, -0.1) is 0 Å². The molecule has 1 aromatic heterocycles. The third-order valence-corrected chi connectivity index (χ3v) is 5.06. The van der Waals surface area contributed by atoms with E-state index in [-0.39, 0.29) is 24.1 Å². The van der Waals surface area contributed by atoms with Gasteiger partial charge >= 0.3 is 0 Å². The van der Waals surface area contributed by atoms with Gasteiger partial charge in [0.1, 0.15) is 12.4 Å². The van der Waals surface area contributed by atoms with Gasteiger partial charge in [0.25, 0.3) is 5.56 Å². The first-order chi connectivity index (χ1) is 11.5. The lowest BCUT2D eigenvalue weighted by Gasteiger charge is -2.29. The van der Waals surface area contributed by atoms with Crippen molar-refractivity contribution in [1.29, 1.82) is 0 Å². The fourth-order valence-electron chi connectivity index (χ4n) is 3.39. The van der Waals surface area contributed by atoms with E-state index in [9.17, 15) is 14.0 Å². The molecule has 2 aliphatic rings. The Balaban J connectivity index is 1.60. The van der Waals surface area contributed by atoms with Crippen LogP contribution in [0.1, 0.15) is 32.6 Å². The van der Waals surface area contributed by atoms with E-state index in [2.05, 4.69) is 11.9 Å². The standard InChI is InChI=1S/C18H20FN3O2/c1-11(12-2-3-12)22(14-5-6-14)17(23)9-21-10-20-16-8-13(19)4-7-15(16)18(21)24/h4,7-8,10-12,14H,2-3,5-6,9H2,1H3/t11-/m0/s1. The third-order valence-electron chi connectivity index (χ3n) is 5.06. The summed E-state index contributed by atoms with van der Waals surface area (Å²) in [6.07, 6.45) is 5.80. The average Bonchev–Trinajstić information content (AvgIpc) is 3.43. The fraction of sp³-hybridized carbons (Fsp3) is 0.500. The first kappa shape index (κ1) is 15.3. The minimum absolute atomic E-state index is 0.00723. The van der Waals surface area contributed by atoms with Crippen LogP contribution in [0.2, 0.25) is 0 Å². The zero-order valence-electron chi connectivity index (χ0n) is 13.6. The normalized spacial score (nSPS) is 18.6. The Morgan fingerprint density at radius 2 is 2.12 bits per heavy atom. The highest BCUT2D eigenvalue weighted by Crippen LogP contribution is 2.39. The third kappa shape index (κ3) is 2.81. The number of carbonyl (C=O) groups excluding carboxylic acids is 1. The molecule has 0 unspecified atom stereocenters. The van der Waals surface area contributed by atoms with Crippen LogP contribution in [0.25, 0.3) is 10.9 Å². The summed E-state index contributed by atoms with van der Waals surface area (Å²) in [5.41, 5.74) is 0.0114. The molecule has 2 saturated carbocycles. The van der Waals surface area contributed by atoms with Gasteiger partial charge in [-0.25, -0.2) is 9.37 Å². The number of fused-ring (bicyclic) bond motifs is 1. The molecule has 2 aliphatic carbocycles. The van der Waals surface area contributed by atoms with E-state index in [0.29, 0.717) is 22.9 Å². The molecule has 0 bridgehead atoms. The summed E-state index contributed by atoms with van der Waals surface area (Å²) >= 11 is 0. The molecule has 2 fully saturated rings. The van der Waals surface area contributed by atoms with E-state index in [1.165, 1.54) is 41.9 Å². The quantitative estimate of drug-likeness (QED) is 0.846. The second-order valence-electron chi connectivity index (χ2n) is 6.95. The maximum atomic E-state index is 13.2. The summed E-state index contributed by atoms with van der Waals surface area (Å²) in [6.45, 7) is 2.10. The van der Waals surface area contributed by atoms with Gasteiger partial charge in [0, 0.05) is 18.2 Å². The highest BCUT2D eigenvalue weighted by Gasteiger charge is 2.41. The van der Waals surface area contributed by atoms with E-state index >= 15 is 0 Å². The van der Waals surface area contributed by atoms with Crippen LogP contribution < -0.4 is 5.56 Å². The van der Waals surface area contributed by atoms with Crippen molar-refractivity contribution >= 4 is 16.8 Å². The second kappa shape index (κ2) is 5.69. The fourth-order valence-corrected chi connectivity index (χ4v) is 3.39. The molecule has 0 aliphatic heterocycles. The van der Waals surface area contributed by atoms with Crippen LogP contribution >= 0.6 is 0 Å². The first-order valence-corrected chi connectivity index (χ1v) is 8.50. The lowest BCUT2D eigenvalue weighted by molar-refractivity contribution is -0.135. The van der Waals surface area contributed by atoms with Crippen LogP contribution in [-0.2, 0) is 11.3 Å². The highest BCUT2D eigenvalue weighted by molar-refractivity contribution is 5.79. The number of rotatable bonds is 5. The monoisotopic (exact) mass is 329 g/mol. The molecule has 24 heavy (non-hydrogen) atoms. The largest absolute Gasteiger partial charge is 0.335 e. The predicted molar refractivity (Wildman–Crippen MR) is 88.0 cm³/mol. The minimum atomic E-state index is -0.429. The highest BCUT2D eigenvalue weighted by atomic mass is 19.1. The Morgan fingerprint density at radius 3 is 2.79 bits per heavy atom. The number of benzene rings is 1. The minimum Gasteiger partial charge on any atom is -0.335 e. The molecule has 2 aromatic rings. The number of nitrogens with zero attached hydrogens (tertiary/aromatic N) is 3. The molecule has 0 N–H and O–H groups in total. The molecule has 0 radical (unpaired) electrons. The molecule has 1 aromatic carbocycles. The summed E-state index contributed by atoms with van der Waals surface area (Å²) in [5, 5.41) is 0.333. The number of hydrogen-bond donors (Lipinski definition) is 0. The molecule has 126 valence electrons. The van der Waals surface area contributed by atoms with E-state index in [1.54, 1.807) is 0 Å². The number of aromatic nitrogens is 2. The van der Waals surface area contributed by atoms with Crippen LogP contribution in [0.15, 0.2) is 29.3 Å². The van der Waals surface area contributed by atoms with E-state index in [1.807, 2.05) is 4.90 Å². The zero-order valence-corrected chi connectivity index (χ0v) is 13.6. The van der Waals surface area contributed by atoms with Crippen molar-refractivity contribution in [3.8, 4) is 0 Å². The molecule has 0 saturated heterocycles. The van der Waals surface area contributed by atoms with Crippen LogP contribution in [0, 0.1) is 11.7 Å². The van der Waals surface area contributed by atoms with Crippen molar-refractivity contribution in [3.63, 3.8) is 0 Å². The molecule has 0 spiro atoms.